The molecule has 2 aromatic heterocycles. The van der Waals surface area contributed by atoms with E-state index in [-0.39, 0.29) is 34.9 Å². The maximum atomic E-state index is 14.0. The van der Waals surface area contributed by atoms with Gasteiger partial charge in [-0.05, 0) is 55.4 Å². The van der Waals surface area contributed by atoms with Crippen LogP contribution >= 0.6 is 11.3 Å². The number of anilines is 2. The van der Waals surface area contributed by atoms with Crippen molar-refractivity contribution in [3.63, 3.8) is 0 Å². The third-order valence-corrected chi connectivity index (χ3v) is 12.1. The molecule has 0 bridgehead atoms. The number of amides is 1. The molecule has 1 aliphatic carbocycles. The molecule has 2 saturated heterocycles. The molecule has 3 fully saturated rings. The molecule has 6 rings (SSSR count). The van der Waals surface area contributed by atoms with Crippen molar-refractivity contribution in [1.29, 1.82) is 0 Å². The first kappa shape index (κ1) is 30.7. The molecular formula is C32H38N4O6S2. The molecule has 3 aromatic rings. The lowest BCUT2D eigenvalue weighted by atomic mass is 9.82. The number of hydrogen-bond donors (Lipinski definition) is 1. The predicted molar refractivity (Wildman–Crippen MR) is 170 cm³/mol. The third kappa shape index (κ3) is 6.13. The number of hydrogen-bond acceptors (Lipinski definition) is 8. The fourth-order valence-corrected chi connectivity index (χ4v) is 9.13. The van der Waals surface area contributed by atoms with Crippen LogP contribution in [0.3, 0.4) is 0 Å². The van der Waals surface area contributed by atoms with Gasteiger partial charge in [0.25, 0.3) is 0 Å². The quantitative estimate of drug-likeness (QED) is 0.362. The van der Waals surface area contributed by atoms with E-state index < -0.39 is 27.9 Å². The van der Waals surface area contributed by atoms with E-state index in [1.807, 2.05) is 30.3 Å². The van der Waals surface area contributed by atoms with E-state index in [4.69, 9.17) is 4.74 Å². The summed E-state index contributed by atoms with van der Waals surface area (Å²) in [7, 11) is -2.31. The van der Waals surface area contributed by atoms with Gasteiger partial charge in [-0.25, -0.2) is 18.2 Å². The number of carbonyl (C=O) groups excluding carboxylic acids is 1. The second kappa shape index (κ2) is 13.0. The lowest BCUT2D eigenvalue weighted by molar-refractivity contribution is -0.121. The Morgan fingerprint density at radius 1 is 1.02 bits per heavy atom. The normalized spacial score (nSPS) is 21.1. The van der Waals surface area contributed by atoms with Crippen molar-refractivity contribution in [1.82, 2.24) is 9.29 Å². The number of nitrogens with zero attached hydrogens (tertiary/aromatic N) is 4. The van der Waals surface area contributed by atoms with Crippen LogP contribution in [-0.4, -0.2) is 80.1 Å². The first-order valence-electron chi connectivity index (χ1n) is 15.2. The van der Waals surface area contributed by atoms with E-state index in [1.165, 1.54) is 10.5 Å². The minimum absolute atomic E-state index is 0.0461. The van der Waals surface area contributed by atoms with Gasteiger partial charge in [0.05, 0.1) is 24.4 Å². The topological polar surface area (TPSA) is 120 Å². The summed E-state index contributed by atoms with van der Waals surface area (Å²) in [5.74, 6) is -0.744. The molecule has 234 valence electrons. The summed E-state index contributed by atoms with van der Waals surface area (Å²) in [6.07, 6.45) is 8.17. The highest BCUT2D eigenvalue weighted by Gasteiger charge is 2.44. The maximum absolute atomic E-state index is 14.0. The Kier molecular flexibility index (Phi) is 9.04. The van der Waals surface area contributed by atoms with Crippen LogP contribution in [0.2, 0.25) is 0 Å². The second-order valence-corrected chi connectivity index (χ2v) is 14.8. The Labute approximate surface area is 262 Å². The van der Waals surface area contributed by atoms with Crippen LogP contribution in [0.4, 0.5) is 11.5 Å². The van der Waals surface area contributed by atoms with E-state index in [1.54, 1.807) is 30.2 Å². The number of aromatic carboxylic acids is 1. The van der Waals surface area contributed by atoms with Crippen LogP contribution in [0.1, 0.15) is 54.6 Å². The molecule has 12 heteroatoms. The fraction of sp³-hybridized carbons (Fsp3) is 0.469. The number of piperidine rings is 1. The van der Waals surface area contributed by atoms with Gasteiger partial charge in [0.2, 0.25) is 15.9 Å². The molecule has 1 atom stereocenters. The van der Waals surface area contributed by atoms with Gasteiger partial charge < -0.3 is 19.6 Å². The molecule has 2 aliphatic heterocycles. The third-order valence-electron chi connectivity index (χ3n) is 9.18. The maximum Gasteiger partial charge on any atom is 0.348 e. The van der Waals surface area contributed by atoms with Gasteiger partial charge >= 0.3 is 5.97 Å². The number of sulfonamides is 1. The van der Waals surface area contributed by atoms with E-state index in [9.17, 15) is 23.1 Å². The number of carboxylic acids is 1. The van der Waals surface area contributed by atoms with Crippen molar-refractivity contribution in [2.75, 3.05) is 43.1 Å². The first-order chi connectivity index (χ1) is 21.3. The van der Waals surface area contributed by atoms with Gasteiger partial charge in [-0.15, -0.1) is 11.3 Å². The van der Waals surface area contributed by atoms with E-state index in [2.05, 4.69) is 9.88 Å². The zero-order valence-electron chi connectivity index (χ0n) is 24.8. The standard InChI is InChI=1S/C32H38N4O6S2/c1-42-24-14-16-34(17-15-24)29-13-12-25(19-33-29)44(40,41)35-20-27(22-8-4-2-5-9-22)36(30(37)21-35)26-18-28(43-31(26)32(38)39)23-10-6-3-7-11-23/h3,6-7,10-13,18-19,22,24,27H,2,4-5,8-9,14-17,20-21H2,1H3,(H,38,39). The molecule has 1 N–H and O–H groups in total. The minimum Gasteiger partial charge on any atom is -0.477 e. The number of aromatic nitrogens is 1. The number of carbonyl (C=O) groups is 2. The molecular weight excluding hydrogens is 601 g/mol. The van der Waals surface area contributed by atoms with Crippen LogP contribution in [0, 0.1) is 5.92 Å². The smallest absolute Gasteiger partial charge is 0.348 e. The summed E-state index contributed by atoms with van der Waals surface area (Å²) >= 11 is 1.14. The van der Waals surface area contributed by atoms with Crippen LogP contribution in [0.15, 0.2) is 59.6 Å². The van der Waals surface area contributed by atoms with Crippen LogP contribution in [0.25, 0.3) is 10.4 Å². The number of pyridine rings is 1. The Bertz CT molecular complexity index is 1580. The average molecular weight is 639 g/mol. The number of ether oxygens (including phenoxy) is 1. The zero-order valence-corrected chi connectivity index (χ0v) is 26.4. The highest BCUT2D eigenvalue weighted by Crippen LogP contribution is 2.42. The number of rotatable bonds is 8. The van der Waals surface area contributed by atoms with Gasteiger partial charge in [-0.1, -0.05) is 49.6 Å². The van der Waals surface area contributed by atoms with Crippen molar-refractivity contribution < 1.29 is 27.9 Å². The summed E-state index contributed by atoms with van der Waals surface area (Å²) in [6, 6.07) is 14.1. The Morgan fingerprint density at radius 3 is 2.39 bits per heavy atom. The lowest BCUT2D eigenvalue weighted by Gasteiger charge is -2.44. The van der Waals surface area contributed by atoms with Gasteiger partial charge in [-0.2, -0.15) is 4.31 Å². The molecule has 1 amide bonds. The number of benzene rings is 1. The molecule has 1 saturated carbocycles. The monoisotopic (exact) mass is 638 g/mol. The Morgan fingerprint density at radius 2 is 1.75 bits per heavy atom. The molecule has 1 unspecified atom stereocenters. The largest absolute Gasteiger partial charge is 0.477 e. The molecule has 44 heavy (non-hydrogen) atoms. The fourth-order valence-electron chi connectivity index (χ4n) is 6.78. The molecule has 0 radical (unpaired) electrons. The van der Waals surface area contributed by atoms with Crippen LogP contribution in [0.5, 0.6) is 0 Å². The average Bonchev–Trinajstić information content (AvgIpc) is 3.51. The molecule has 10 nitrogen and oxygen atoms in total. The van der Waals surface area contributed by atoms with Crippen molar-refractivity contribution in [3.8, 4) is 10.4 Å². The number of piperazine rings is 1. The van der Waals surface area contributed by atoms with Gasteiger partial charge in [0.1, 0.15) is 15.6 Å². The second-order valence-electron chi connectivity index (χ2n) is 11.8. The van der Waals surface area contributed by atoms with Crippen LogP contribution < -0.4 is 9.80 Å². The van der Waals surface area contributed by atoms with Gasteiger partial charge in [0.15, 0.2) is 0 Å². The molecule has 4 heterocycles. The Balaban J connectivity index is 1.29. The number of methoxy groups -OCH3 is 1. The molecule has 0 spiro atoms. The van der Waals surface area contributed by atoms with Crippen molar-refractivity contribution in [2.45, 2.75) is 62.0 Å². The first-order valence-corrected chi connectivity index (χ1v) is 17.5. The predicted octanol–water partition coefficient (Wildman–Crippen LogP) is 5.11. The molecule has 1 aromatic carbocycles. The summed E-state index contributed by atoms with van der Waals surface area (Å²) < 4.78 is 34.6. The summed E-state index contributed by atoms with van der Waals surface area (Å²) in [4.78, 5) is 35.5. The highest BCUT2D eigenvalue weighted by atomic mass is 32.2. The van der Waals surface area contributed by atoms with Crippen molar-refractivity contribution >= 4 is 44.7 Å². The highest BCUT2D eigenvalue weighted by molar-refractivity contribution is 7.89. The van der Waals surface area contributed by atoms with Crippen molar-refractivity contribution in [2.24, 2.45) is 5.92 Å². The Hall–Kier alpha value is -3.32. The molecule has 3 aliphatic rings. The van der Waals surface area contributed by atoms with E-state index >= 15 is 0 Å². The summed E-state index contributed by atoms with van der Waals surface area (Å²) in [6.45, 7) is 1.29. The number of thiophene rings is 1. The summed E-state index contributed by atoms with van der Waals surface area (Å²) in [5, 5.41) is 10.2. The van der Waals surface area contributed by atoms with Gasteiger partial charge in [0, 0.05) is 37.8 Å². The zero-order chi connectivity index (χ0) is 30.8. The van der Waals surface area contributed by atoms with E-state index in [0.29, 0.717) is 11.5 Å². The van der Waals surface area contributed by atoms with Crippen molar-refractivity contribution in [3.05, 3.63) is 59.6 Å². The summed E-state index contributed by atoms with van der Waals surface area (Å²) in [5.41, 5.74) is 1.22. The lowest BCUT2D eigenvalue weighted by Crippen LogP contribution is -2.60. The number of carboxylic acid groups (broad SMARTS) is 1. The van der Waals surface area contributed by atoms with E-state index in [0.717, 1.165) is 79.8 Å². The minimum atomic E-state index is -4.03. The SMILES string of the molecule is COC1CCN(c2ccc(S(=O)(=O)N3CC(=O)N(c4cc(-c5ccccc5)sc4C(=O)O)C(C4CCCCC4)C3)cn2)CC1. The van der Waals surface area contributed by atoms with Gasteiger partial charge in [-0.3, -0.25) is 4.79 Å². The van der Waals surface area contributed by atoms with Crippen LogP contribution in [-0.2, 0) is 19.6 Å².